The summed E-state index contributed by atoms with van der Waals surface area (Å²) in [6.07, 6.45) is 5.60. The van der Waals surface area contributed by atoms with Crippen molar-refractivity contribution >= 4 is 22.3 Å². The van der Waals surface area contributed by atoms with E-state index >= 15 is 0 Å². The van der Waals surface area contributed by atoms with E-state index in [9.17, 15) is 14.9 Å². The van der Waals surface area contributed by atoms with E-state index in [1.54, 1.807) is 24.3 Å². The van der Waals surface area contributed by atoms with Crippen LogP contribution in [0.3, 0.4) is 0 Å². The average Bonchev–Trinajstić information content (AvgIpc) is 3.44. The van der Waals surface area contributed by atoms with Crippen LogP contribution in [0.4, 0.5) is 11.4 Å². The van der Waals surface area contributed by atoms with Crippen LogP contribution in [0.1, 0.15) is 61.1 Å². The lowest BCUT2D eigenvalue weighted by atomic mass is 9.95. The molecule has 0 amide bonds. The summed E-state index contributed by atoms with van der Waals surface area (Å²) in [6.45, 7) is 4.79. The minimum absolute atomic E-state index is 0.0813. The predicted octanol–water partition coefficient (Wildman–Crippen LogP) is 4.15. The van der Waals surface area contributed by atoms with Gasteiger partial charge in [0.15, 0.2) is 5.82 Å². The molecular weight excluding hydrogens is 496 g/mol. The van der Waals surface area contributed by atoms with Crippen molar-refractivity contribution < 1.29 is 4.92 Å². The Morgan fingerprint density at radius 3 is 2.49 bits per heavy atom. The fourth-order valence-electron chi connectivity index (χ4n) is 6.09. The molecule has 202 valence electrons. The van der Waals surface area contributed by atoms with Crippen LogP contribution in [0.5, 0.6) is 0 Å². The normalized spacial score (nSPS) is 17.9. The summed E-state index contributed by atoms with van der Waals surface area (Å²) in [4.78, 5) is 31.9. The number of nitrogens with one attached hydrogen (secondary N) is 1. The highest BCUT2D eigenvalue weighted by molar-refractivity contribution is 5.82. The number of nitro groups is 1. The summed E-state index contributed by atoms with van der Waals surface area (Å²) < 4.78 is 1.96. The van der Waals surface area contributed by atoms with Gasteiger partial charge in [0.2, 0.25) is 0 Å². The van der Waals surface area contributed by atoms with Crippen LogP contribution in [-0.2, 0) is 0 Å². The van der Waals surface area contributed by atoms with Gasteiger partial charge in [0.05, 0.1) is 16.5 Å². The van der Waals surface area contributed by atoms with Crippen LogP contribution in [0.25, 0.3) is 10.9 Å². The number of non-ortho nitro benzene ring substituents is 1. The molecule has 3 heterocycles. The quantitative estimate of drug-likeness (QED) is 0.292. The fourth-order valence-corrected chi connectivity index (χ4v) is 6.09. The number of nitrogens with zero attached hydrogens (tertiary/aromatic N) is 7. The number of rotatable bonds is 6. The zero-order chi connectivity index (χ0) is 26.9. The number of aromatic amines is 1. The molecule has 2 aliphatic rings. The van der Waals surface area contributed by atoms with Crippen molar-refractivity contribution in [1.82, 2.24) is 30.1 Å². The summed E-state index contributed by atoms with van der Waals surface area (Å²) in [7, 11) is 0. The van der Waals surface area contributed by atoms with E-state index in [0.29, 0.717) is 37.6 Å². The number of para-hydroxylation sites is 1. The molecule has 0 radical (unpaired) electrons. The van der Waals surface area contributed by atoms with Gasteiger partial charge in [-0.2, -0.15) is 0 Å². The lowest BCUT2D eigenvalue weighted by Gasteiger charge is -2.40. The minimum Gasteiger partial charge on any atom is -0.369 e. The SMILES string of the molecule is Cc1cccc2cc(C(c3nnnn3C3CCCCC3)N3CCN(c4ccc([N+](=O)[O-])cc4)CC3)c(=O)[nH]c12. The zero-order valence-corrected chi connectivity index (χ0v) is 22.0. The first-order valence-corrected chi connectivity index (χ1v) is 13.6. The van der Waals surface area contributed by atoms with Crippen molar-refractivity contribution in [2.45, 2.75) is 51.1 Å². The Morgan fingerprint density at radius 2 is 1.77 bits per heavy atom. The highest BCUT2D eigenvalue weighted by Crippen LogP contribution is 2.34. The van der Waals surface area contributed by atoms with Gasteiger partial charge < -0.3 is 9.88 Å². The minimum atomic E-state index is -0.394. The first-order valence-electron chi connectivity index (χ1n) is 13.6. The van der Waals surface area contributed by atoms with Crippen LogP contribution < -0.4 is 10.5 Å². The number of benzene rings is 2. The average molecular weight is 529 g/mol. The van der Waals surface area contributed by atoms with Crippen molar-refractivity contribution in [1.29, 1.82) is 0 Å². The first-order chi connectivity index (χ1) is 19.0. The number of anilines is 1. The third kappa shape index (κ3) is 4.89. The van der Waals surface area contributed by atoms with Gasteiger partial charge in [-0.05, 0) is 59.3 Å². The summed E-state index contributed by atoms with van der Waals surface area (Å²) in [5.74, 6) is 0.711. The monoisotopic (exact) mass is 528 g/mol. The van der Waals surface area contributed by atoms with E-state index in [-0.39, 0.29) is 22.2 Å². The molecule has 11 heteroatoms. The molecule has 39 heavy (non-hydrogen) atoms. The van der Waals surface area contributed by atoms with E-state index in [1.165, 1.54) is 6.42 Å². The van der Waals surface area contributed by atoms with Crippen molar-refractivity contribution in [2.24, 2.45) is 0 Å². The van der Waals surface area contributed by atoms with E-state index in [4.69, 9.17) is 0 Å². The molecular formula is C28H32N8O3. The third-order valence-electron chi connectivity index (χ3n) is 8.20. The molecule has 2 aromatic carbocycles. The second-order valence-corrected chi connectivity index (χ2v) is 10.6. The Hall–Kier alpha value is -4.12. The van der Waals surface area contributed by atoms with Gasteiger partial charge in [-0.15, -0.1) is 5.10 Å². The Morgan fingerprint density at radius 1 is 1.03 bits per heavy atom. The van der Waals surface area contributed by atoms with Crippen molar-refractivity contribution in [3.8, 4) is 0 Å². The summed E-state index contributed by atoms with van der Waals surface area (Å²) in [5.41, 5.74) is 3.42. The Bertz CT molecular complexity index is 1530. The number of tetrazole rings is 1. The van der Waals surface area contributed by atoms with Crippen LogP contribution >= 0.6 is 0 Å². The largest absolute Gasteiger partial charge is 0.369 e. The van der Waals surface area contributed by atoms with Crippen molar-refractivity contribution in [3.63, 3.8) is 0 Å². The number of H-pyrrole nitrogens is 1. The van der Waals surface area contributed by atoms with Crippen LogP contribution in [0.2, 0.25) is 0 Å². The number of piperazine rings is 1. The number of hydrogen-bond donors (Lipinski definition) is 1. The van der Waals surface area contributed by atoms with Crippen molar-refractivity contribution in [2.75, 3.05) is 31.1 Å². The van der Waals surface area contributed by atoms with Crippen LogP contribution in [-0.4, -0.2) is 61.2 Å². The maximum absolute atomic E-state index is 13.6. The number of nitro benzene ring substituents is 1. The summed E-state index contributed by atoms with van der Waals surface area (Å²) in [5, 5.41) is 25.1. The second kappa shape index (κ2) is 10.6. The maximum atomic E-state index is 13.6. The lowest BCUT2D eigenvalue weighted by molar-refractivity contribution is -0.384. The fraction of sp³-hybridized carbons (Fsp3) is 0.429. The summed E-state index contributed by atoms with van der Waals surface area (Å²) >= 11 is 0. The van der Waals surface area contributed by atoms with Gasteiger partial charge in [-0.3, -0.25) is 19.8 Å². The number of aromatic nitrogens is 5. The first kappa shape index (κ1) is 25.2. The molecule has 0 bridgehead atoms. The molecule has 4 aromatic rings. The topological polar surface area (TPSA) is 126 Å². The van der Waals surface area contributed by atoms with Crippen LogP contribution in [0, 0.1) is 17.0 Å². The molecule has 1 atom stereocenters. The second-order valence-electron chi connectivity index (χ2n) is 10.6. The molecule has 1 saturated carbocycles. The zero-order valence-electron chi connectivity index (χ0n) is 22.0. The molecule has 6 rings (SSSR count). The van der Waals surface area contributed by atoms with Crippen molar-refractivity contribution in [3.05, 3.63) is 86.0 Å². The van der Waals surface area contributed by atoms with E-state index in [0.717, 1.165) is 47.8 Å². The highest BCUT2D eigenvalue weighted by atomic mass is 16.6. The third-order valence-corrected chi connectivity index (χ3v) is 8.20. The molecule has 1 aliphatic heterocycles. The van der Waals surface area contributed by atoms with E-state index in [1.807, 2.05) is 35.9 Å². The molecule has 2 fully saturated rings. The van der Waals surface area contributed by atoms with Gasteiger partial charge in [0, 0.05) is 49.6 Å². The van der Waals surface area contributed by atoms with Gasteiger partial charge >= 0.3 is 0 Å². The van der Waals surface area contributed by atoms with Gasteiger partial charge in [-0.1, -0.05) is 37.5 Å². The van der Waals surface area contributed by atoms with Crippen LogP contribution in [0.15, 0.2) is 53.3 Å². The van der Waals surface area contributed by atoms with Gasteiger partial charge in [-0.25, -0.2) is 4.68 Å². The Kier molecular flexibility index (Phi) is 6.82. The Labute approximate surface area is 225 Å². The maximum Gasteiger partial charge on any atom is 0.269 e. The van der Waals surface area contributed by atoms with Gasteiger partial charge in [0.25, 0.3) is 11.2 Å². The number of hydrogen-bond acceptors (Lipinski definition) is 8. The smallest absolute Gasteiger partial charge is 0.269 e. The number of aryl methyl sites for hydroxylation is 1. The molecule has 2 aromatic heterocycles. The molecule has 1 saturated heterocycles. The number of pyridine rings is 1. The lowest BCUT2D eigenvalue weighted by Crippen LogP contribution is -2.49. The standard InChI is InChI=1S/C28H32N8O3/c1-19-6-5-7-20-18-24(28(37)29-25(19)20)26(27-30-31-32-35(27)22-8-3-2-4-9-22)34-16-14-33(15-17-34)21-10-12-23(13-11-21)36(38)39/h5-7,10-13,18,22,26H,2-4,8-9,14-17H2,1H3,(H,29,37). The van der Waals surface area contributed by atoms with Gasteiger partial charge in [0.1, 0.15) is 6.04 Å². The highest BCUT2D eigenvalue weighted by Gasteiger charge is 2.34. The molecule has 11 nitrogen and oxygen atoms in total. The molecule has 1 aliphatic carbocycles. The molecule has 1 N–H and O–H groups in total. The van der Waals surface area contributed by atoms with E-state index in [2.05, 4.69) is 30.3 Å². The summed E-state index contributed by atoms with van der Waals surface area (Å²) in [6, 6.07) is 14.5. The van der Waals surface area contributed by atoms with E-state index < -0.39 is 6.04 Å². The number of fused-ring (bicyclic) bond motifs is 1. The molecule has 0 spiro atoms. The molecule has 1 unspecified atom stereocenters. The Balaban J connectivity index is 1.35. The predicted molar refractivity (Wildman–Crippen MR) is 148 cm³/mol.